The van der Waals surface area contributed by atoms with Crippen LogP contribution in [0.4, 0.5) is 0 Å². The summed E-state index contributed by atoms with van der Waals surface area (Å²) in [6.45, 7) is 2.11. The number of hydrogen-bond acceptors (Lipinski definition) is 4. The fourth-order valence-electron chi connectivity index (χ4n) is 2.54. The molecule has 0 radical (unpaired) electrons. The molecular weight excluding hydrogens is 300 g/mol. The molecule has 1 aromatic heterocycles. The maximum Gasteiger partial charge on any atom is 0.276 e. The molecule has 5 nitrogen and oxygen atoms in total. The van der Waals surface area contributed by atoms with Crippen LogP contribution < -0.4 is 0 Å². The number of sulfonamides is 1. The van der Waals surface area contributed by atoms with Crippen molar-refractivity contribution in [3.05, 3.63) is 17.9 Å². The van der Waals surface area contributed by atoms with Crippen LogP contribution in [0.2, 0.25) is 0 Å². The van der Waals surface area contributed by atoms with Crippen LogP contribution in [-0.2, 0) is 15.9 Å². The maximum absolute atomic E-state index is 12.4. The van der Waals surface area contributed by atoms with E-state index in [-0.39, 0.29) is 11.0 Å². The summed E-state index contributed by atoms with van der Waals surface area (Å²) in [7, 11) is 0.574. The van der Waals surface area contributed by atoms with Gasteiger partial charge in [-0.25, -0.2) is 8.42 Å². The van der Waals surface area contributed by atoms with E-state index in [0.29, 0.717) is 24.8 Å². The molecular formula is C13H21ClN2O3S. The fraction of sp³-hybridized carbons (Fsp3) is 0.692. The molecule has 1 aromatic rings. The Morgan fingerprint density at radius 1 is 1.35 bits per heavy atom. The average molecular weight is 321 g/mol. The highest BCUT2D eigenvalue weighted by atomic mass is 35.5. The van der Waals surface area contributed by atoms with Gasteiger partial charge in [-0.05, 0) is 45.0 Å². The molecule has 0 aromatic carbocycles. The van der Waals surface area contributed by atoms with Crippen LogP contribution in [0.15, 0.2) is 21.6 Å². The molecule has 0 bridgehead atoms. The summed E-state index contributed by atoms with van der Waals surface area (Å²) >= 11 is 5.64. The van der Waals surface area contributed by atoms with E-state index in [4.69, 9.17) is 16.0 Å². The maximum atomic E-state index is 12.4. The number of furan rings is 1. The van der Waals surface area contributed by atoms with Crippen molar-refractivity contribution in [3.8, 4) is 0 Å². The predicted molar refractivity (Wildman–Crippen MR) is 78.3 cm³/mol. The van der Waals surface area contributed by atoms with E-state index < -0.39 is 10.0 Å². The smallest absolute Gasteiger partial charge is 0.276 e. The largest absolute Gasteiger partial charge is 0.447 e. The van der Waals surface area contributed by atoms with E-state index in [1.165, 1.54) is 10.4 Å². The molecule has 20 heavy (non-hydrogen) atoms. The summed E-state index contributed by atoms with van der Waals surface area (Å²) in [6, 6.07) is 3.09. The van der Waals surface area contributed by atoms with Crippen LogP contribution >= 0.6 is 11.6 Å². The van der Waals surface area contributed by atoms with Crippen LogP contribution in [0.3, 0.4) is 0 Å². The topological polar surface area (TPSA) is 53.8 Å². The van der Waals surface area contributed by atoms with E-state index in [0.717, 1.165) is 19.4 Å². The lowest BCUT2D eigenvalue weighted by Gasteiger charge is -2.31. The van der Waals surface area contributed by atoms with E-state index in [9.17, 15) is 8.42 Å². The van der Waals surface area contributed by atoms with Crippen molar-refractivity contribution in [2.75, 3.05) is 33.7 Å². The Kier molecular flexibility index (Phi) is 5.12. The molecule has 2 rings (SSSR count). The Labute approximate surface area is 125 Å². The van der Waals surface area contributed by atoms with Crippen LogP contribution in [0.25, 0.3) is 0 Å². The lowest BCUT2D eigenvalue weighted by atomic mass is 9.98. The van der Waals surface area contributed by atoms with E-state index >= 15 is 0 Å². The highest BCUT2D eigenvalue weighted by Gasteiger charge is 2.31. The van der Waals surface area contributed by atoms with Crippen molar-refractivity contribution in [1.82, 2.24) is 9.21 Å². The highest BCUT2D eigenvalue weighted by Crippen LogP contribution is 2.25. The third-order valence-corrected chi connectivity index (χ3v) is 5.60. The molecule has 7 heteroatoms. The predicted octanol–water partition coefficient (Wildman–Crippen LogP) is 1.98. The van der Waals surface area contributed by atoms with E-state index in [2.05, 4.69) is 4.90 Å². The Bertz CT molecular complexity index is 534. The molecule has 1 aliphatic rings. The van der Waals surface area contributed by atoms with Crippen molar-refractivity contribution in [1.29, 1.82) is 0 Å². The van der Waals surface area contributed by atoms with Gasteiger partial charge in [-0.2, -0.15) is 4.31 Å². The summed E-state index contributed by atoms with van der Waals surface area (Å²) in [5.74, 6) is 1.22. The number of alkyl halides is 1. The molecule has 1 saturated heterocycles. The summed E-state index contributed by atoms with van der Waals surface area (Å²) in [6.07, 6.45) is 1.78. The molecule has 0 spiro atoms. The standard InChI is InChI=1S/C13H21ClN2O3S/c1-15(2)10-11-5-7-16(8-6-11)20(17,18)13-4-3-12(9-14)19-13/h3-4,11H,5-10H2,1-2H3. The number of piperidine rings is 1. The summed E-state index contributed by atoms with van der Waals surface area (Å²) < 4.78 is 31.6. The first-order valence-corrected chi connectivity index (χ1v) is 8.70. The van der Waals surface area contributed by atoms with Gasteiger partial charge in [0, 0.05) is 19.6 Å². The molecule has 1 fully saturated rings. The van der Waals surface area contributed by atoms with Gasteiger partial charge in [0.05, 0.1) is 5.88 Å². The first-order valence-electron chi connectivity index (χ1n) is 6.73. The molecule has 114 valence electrons. The zero-order valence-electron chi connectivity index (χ0n) is 11.9. The minimum absolute atomic E-state index is 0.000732. The van der Waals surface area contributed by atoms with Crippen molar-refractivity contribution >= 4 is 21.6 Å². The fourth-order valence-corrected chi connectivity index (χ4v) is 4.09. The molecule has 0 saturated carbocycles. The minimum atomic E-state index is -3.51. The second-order valence-electron chi connectivity index (χ2n) is 5.46. The number of hydrogen-bond donors (Lipinski definition) is 0. The van der Waals surface area contributed by atoms with Crippen molar-refractivity contribution < 1.29 is 12.8 Å². The van der Waals surface area contributed by atoms with Gasteiger partial charge in [-0.15, -0.1) is 11.6 Å². The van der Waals surface area contributed by atoms with Gasteiger partial charge >= 0.3 is 0 Å². The Morgan fingerprint density at radius 2 is 2.00 bits per heavy atom. The van der Waals surface area contributed by atoms with Gasteiger partial charge in [0.2, 0.25) is 5.09 Å². The molecule has 0 unspecified atom stereocenters. The van der Waals surface area contributed by atoms with Gasteiger partial charge in [0.15, 0.2) is 0 Å². The monoisotopic (exact) mass is 320 g/mol. The average Bonchev–Trinajstić information content (AvgIpc) is 2.88. The Morgan fingerprint density at radius 3 is 2.50 bits per heavy atom. The highest BCUT2D eigenvalue weighted by molar-refractivity contribution is 7.89. The molecule has 0 atom stereocenters. The first-order chi connectivity index (χ1) is 9.43. The van der Waals surface area contributed by atoms with Crippen LogP contribution in [0.5, 0.6) is 0 Å². The number of rotatable bonds is 5. The van der Waals surface area contributed by atoms with Crippen molar-refractivity contribution in [2.24, 2.45) is 5.92 Å². The second kappa shape index (κ2) is 6.47. The van der Waals surface area contributed by atoms with Gasteiger partial charge in [0.1, 0.15) is 5.76 Å². The zero-order valence-corrected chi connectivity index (χ0v) is 13.5. The molecule has 0 aliphatic carbocycles. The van der Waals surface area contributed by atoms with Gasteiger partial charge in [-0.1, -0.05) is 0 Å². The summed E-state index contributed by atoms with van der Waals surface area (Å²) in [5.41, 5.74) is 0. The molecule has 2 heterocycles. The Hall–Kier alpha value is -0.560. The van der Waals surface area contributed by atoms with E-state index in [1.54, 1.807) is 6.07 Å². The molecule has 1 aliphatic heterocycles. The van der Waals surface area contributed by atoms with E-state index in [1.807, 2.05) is 14.1 Å². The van der Waals surface area contributed by atoms with Gasteiger partial charge in [0.25, 0.3) is 10.0 Å². The summed E-state index contributed by atoms with van der Waals surface area (Å²) in [5, 5.41) is -0.000732. The lowest BCUT2D eigenvalue weighted by molar-refractivity contribution is 0.222. The zero-order chi connectivity index (χ0) is 14.8. The normalized spacial score (nSPS) is 18.8. The van der Waals surface area contributed by atoms with Crippen LogP contribution in [-0.4, -0.2) is 51.4 Å². The van der Waals surface area contributed by atoms with Crippen molar-refractivity contribution in [3.63, 3.8) is 0 Å². The number of halogens is 1. The third-order valence-electron chi connectivity index (χ3n) is 3.56. The molecule has 0 N–H and O–H groups in total. The van der Waals surface area contributed by atoms with Crippen LogP contribution in [0.1, 0.15) is 18.6 Å². The second-order valence-corrected chi connectivity index (χ2v) is 7.60. The minimum Gasteiger partial charge on any atom is -0.447 e. The molecule has 0 amide bonds. The van der Waals surface area contributed by atoms with Gasteiger partial charge < -0.3 is 9.32 Å². The third kappa shape index (κ3) is 3.55. The lowest BCUT2D eigenvalue weighted by Crippen LogP contribution is -2.40. The Balaban J connectivity index is 2.02. The van der Waals surface area contributed by atoms with Crippen molar-refractivity contribution in [2.45, 2.75) is 23.8 Å². The van der Waals surface area contributed by atoms with Gasteiger partial charge in [-0.3, -0.25) is 0 Å². The number of nitrogens with zero attached hydrogens (tertiary/aromatic N) is 2. The van der Waals surface area contributed by atoms with Crippen LogP contribution in [0, 0.1) is 5.92 Å². The summed E-state index contributed by atoms with van der Waals surface area (Å²) in [4.78, 5) is 2.15. The first kappa shape index (κ1) is 15.8. The quantitative estimate of drug-likeness (QED) is 0.778. The SMILES string of the molecule is CN(C)CC1CCN(S(=O)(=O)c2ccc(CCl)o2)CC1.